The Labute approximate surface area is 85.5 Å². The summed E-state index contributed by atoms with van der Waals surface area (Å²) in [6.45, 7) is 10.7. The number of hydrogen-bond acceptors (Lipinski definition) is 2. The van der Waals surface area contributed by atoms with Crippen LogP contribution in [0.15, 0.2) is 10.5 Å². The average Bonchev–Trinajstić information content (AvgIpc) is 2.45. The zero-order valence-corrected chi connectivity index (χ0v) is 9.64. The smallest absolute Gasteiger partial charge is 0.104 e. The lowest BCUT2D eigenvalue weighted by molar-refractivity contribution is 0.481. The van der Waals surface area contributed by atoms with E-state index < -0.39 is 0 Å². The van der Waals surface area contributed by atoms with Gasteiger partial charge in [0.1, 0.15) is 11.5 Å². The van der Waals surface area contributed by atoms with Crippen molar-refractivity contribution in [1.82, 2.24) is 0 Å². The molecular formula is C12H19NO. The molecule has 0 bridgehead atoms. The summed E-state index contributed by atoms with van der Waals surface area (Å²) in [4.78, 5) is 0. The van der Waals surface area contributed by atoms with E-state index in [1.807, 2.05) is 13.8 Å². The predicted octanol–water partition coefficient (Wildman–Crippen LogP) is 2.52. The van der Waals surface area contributed by atoms with Crippen LogP contribution in [0, 0.1) is 19.3 Å². The highest BCUT2D eigenvalue weighted by Crippen LogP contribution is 2.63. The van der Waals surface area contributed by atoms with Gasteiger partial charge in [-0.05, 0) is 25.3 Å². The van der Waals surface area contributed by atoms with Gasteiger partial charge in [-0.3, -0.25) is 0 Å². The Morgan fingerprint density at radius 1 is 1.29 bits per heavy atom. The summed E-state index contributed by atoms with van der Waals surface area (Å²) in [5, 5.41) is 0. The molecule has 1 aromatic heterocycles. The molecule has 0 spiro atoms. The van der Waals surface area contributed by atoms with Gasteiger partial charge in [-0.15, -0.1) is 0 Å². The number of furan rings is 1. The molecule has 0 aromatic carbocycles. The Balaban J connectivity index is 2.48. The van der Waals surface area contributed by atoms with E-state index in [1.54, 1.807) is 0 Å². The van der Waals surface area contributed by atoms with Crippen LogP contribution in [0.25, 0.3) is 0 Å². The third kappa shape index (κ3) is 0.897. The monoisotopic (exact) mass is 193 g/mol. The molecule has 2 atom stereocenters. The summed E-state index contributed by atoms with van der Waals surface area (Å²) < 4.78 is 5.57. The third-order valence-electron chi connectivity index (χ3n) is 4.26. The Morgan fingerprint density at radius 2 is 1.79 bits per heavy atom. The highest BCUT2D eigenvalue weighted by Gasteiger charge is 2.67. The van der Waals surface area contributed by atoms with Crippen LogP contribution in [0.5, 0.6) is 0 Å². The van der Waals surface area contributed by atoms with E-state index in [9.17, 15) is 0 Å². The first kappa shape index (κ1) is 9.78. The minimum atomic E-state index is 0.0921. The van der Waals surface area contributed by atoms with Crippen molar-refractivity contribution in [3.8, 4) is 0 Å². The summed E-state index contributed by atoms with van der Waals surface area (Å²) >= 11 is 0. The summed E-state index contributed by atoms with van der Waals surface area (Å²) in [7, 11) is 0. The first-order chi connectivity index (χ1) is 6.31. The van der Waals surface area contributed by atoms with Crippen molar-refractivity contribution >= 4 is 0 Å². The van der Waals surface area contributed by atoms with Crippen molar-refractivity contribution in [3.05, 3.63) is 23.2 Å². The van der Waals surface area contributed by atoms with Gasteiger partial charge in [-0.2, -0.15) is 0 Å². The lowest BCUT2D eigenvalue weighted by atomic mass is 9.90. The molecule has 0 aliphatic heterocycles. The molecule has 78 valence electrons. The van der Waals surface area contributed by atoms with Gasteiger partial charge < -0.3 is 10.2 Å². The number of rotatable bonds is 1. The molecule has 2 unspecified atom stereocenters. The maximum absolute atomic E-state index is 6.15. The number of hydrogen-bond donors (Lipinski definition) is 1. The highest BCUT2D eigenvalue weighted by atomic mass is 16.3. The minimum Gasteiger partial charge on any atom is -0.466 e. The second kappa shape index (κ2) is 2.43. The minimum absolute atomic E-state index is 0.0921. The highest BCUT2D eigenvalue weighted by molar-refractivity contribution is 5.43. The van der Waals surface area contributed by atoms with E-state index in [0.29, 0.717) is 0 Å². The van der Waals surface area contributed by atoms with Crippen molar-refractivity contribution in [2.24, 2.45) is 11.1 Å². The van der Waals surface area contributed by atoms with Gasteiger partial charge in [0.25, 0.3) is 0 Å². The largest absolute Gasteiger partial charge is 0.466 e. The molecule has 14 heavy (non-hydrogen) atoms. The summed E-state index contributed by atoms with van der Waals surface area (Å²) in [5.41, 5.74) is 7.71. The zero-order valence-electron chi connectivity index (χ0n) is 9.64. The van der Waals surface area contributed by atoms with Gasteiger partial charge >= 0.3 is 0 Å². The molecule has 1 saturated carbocycles. The van der Waals surface area contributed by atoms with Crippen molar-refractivity contribution in [2.45, 2.75) is 46.1 Å². The molecule has 2 heteroatoms. The second-order valence-corrected chi connectivity index (χ2v) is 5.23. The fourth-order valence-corrected chi connectivity index (χ4v) is 2.69. The average molecular weight is 193 g/mol. The Kier molecular flexibility index (Phi) is 1.70. The van der Waals surface area contributed by atoms with Gasteiger partial charge in [-0.25, -0.2) is 0 Å². The van der Waals surface area contributed by atoms with Crippen molar-refractivity contribution in [2.75, 3.05) is 0 Å². The van der Waals surface area contributed by atoms with Crippen LogP contribution in [0.3, 0.4) is 0 Å². The molecule has 2 N–H and O–H groups in total. The summed E-state index contributed by atoms with van der Waals surface area (Å²) in [6.07, 6.45) is 0. The molecule has 1 heterocycles. The van der Waals surface area contributed by atoms with Crippen molar-refractivity contribution in [3.63, 3.8) is 0 Å². The lowest BCUT2D eigenvalue weighted by Gasteiger charge is -2.12. The van der Waals surface area contributed by atoms with Crippen LogP contribution in [-0.4, -0.2) is 6.04 Å². The maximum Gasteiger partial charge on any atom is 0.104 e. The third-order valence-corrected chi connectivity index (χ3v) is 4.26. The summed E-state index contributed by atoms with van der Waals surface area (Å²) in [5.74, 6) is 2.00. The van der Waals surface area contributed by atoms with Crippen molar-refractivity contribution < 1.29 is 4.42 Å². The van der Waals surface area contributed by atoms with Gasteiger partial charge in [0.2, 0.25) is 0 Å². The molecule has 0 radical (unpaired) electrons. The van der Waals surface area contributed by atoms with Crippen LogP contribution in [0.4, 0.5) is 0 Å². The van der Waals surface area contributed by atoms with Crippen molar-refractivity contribution in [1.29, 1.82) is 0 Å². The first-order valence-electron chi connectivity index (χ1n) is 5.15. The van der Waals surface area contributed by atoms with Gasteiger partial charge in [0.15, 0.2) is 0 Å². The van der Waals surface area contributed by atoms with Crippen LogP contribution >= 0.6 is 0 Å². The normalized spacial score (nSPS) is 34.6. The molecule has 2 nitrogen and oxygen atoms in total. The molecule has 0 amide bonds. The molecule has 1 fully saturated rings. The molecular weight excluding hydrogens is 174 g/mol. The van der Waals surface area contributed by atoms with E-state index in [2.05, 4.69) is 26.8 Å². The molecule has 1 aromatic rings. The van der Waals surface area contributed by atoms with E-state index in [1.165, 1.54) is 5.56 Å². The quantitative estimate of drug-likeness (QED) is 0.744. The SMILES string of the molecule is Cc1cc(C2(C)C(N)C2(C)C)c(C)o1. The lowest BCUT2D eigenvalue weighted by Crippen LogP contribution is -2.14. The van der Waals surface area contributed by atoms with E-state index in [-0.39, 0.29) is 16.9 Å². The second-order valence-electron chi connectivity index (χ2n) is 5.23. The Hall–Kier alpha value is -0.760. The van der Waals surface area contributed by atoms with Crippen LogP contribution in [0.1, 0.15) is 37.9 Å². The summed E-state index contributed by atoms with van der Waals surface area (Å²) in [6, 6.07) is 2.37. The number of aryl methyl sites for hydroxylation is 2. The Morgan fingerprint density at radius 3 is 2.07 bits per heavy atom. The van der Waals surface area contributed by atoms with E-state index in [0.717, 1.165) is 11.5 Å². The molecule has 2 rings (SSSR count). The maximum atomic E-state index is 6.15. The van der Waals surface area contributed by atoms with E-state index in [4.69, 9.17) is 10.2 Å². The fraction of sp³-hybridized carbons (Fsp3) is 0.667. The fourth-order valence-electron chi connectivity index (χ4n) is 2.69. The van der Waals surface area contributed by atoms with Gasteiger partial charge in [0, 0.05) is 17.0 Å². The predicted molar refractivity (Wildman–Crippen MR) is 57.3 cm³/mol. The van der Waals surface area contributed by atoms with E-state index >= 15 is 0 Å². The molecule has 1 aliphatic rings. The standard InChI is InChI=1S/C12H19NO/c1-7-6-9(8(2)14-7)12(5)10(13)11(12,3)4/h6,10H,13H2,1-5H3. The Bertz CT molecular complexity index is 378. The molecule has 1 aliphatic carbocycles. The molecule has 0 saturated heterocycles. The zero-order chi connectivity index (χ0) is 10.7. The number of nitrogens with two attached hydrogens (primary N) is 1. The topological polar surface area (TPSA) is 39.2 Å². The van der Waals surface area contributed by atoms with Crippen LogP contribution < -0.4 is 5.73 Å². The van der Waals surface area contributed by atoms with Gasteiger partial charge in [-0.1, -0.05) is 20.8 Å². The van der Waals surface area contributed by atoms with Gasteiger partial charge in [0.05, 0.1) is 0 Å². The van der Waals surface area contributed by atoms with Crippen LogP contribution in [0.2, 0.25) is 0 Å². The van der Waals surface area contributed by atoms with Crippen LogP contribution in [-0.2, 0) is 5.41 Å². The first-order valence-corrected chi connectivity index (χ1v) is 5.15.